The van der Waals surface area contributed by atoms with Crippen molar-refractivity contribution in [2.75, 3.05) is 37.0 Å². The number of thiocarbonyl (C=S) groups is 1. The Labute approximate surface area is 143 Å². The quantitative estimate of drug-likeness (QED) is 0.760. The van der Waals surface area contributed by atoms with Crippen molar-refractivity contribution < 1.29 is 4.74 Å². The van der Waals surface area contributed by atoms with E-state index in [1.807, 2.05) is 49.4 Å². The molecule has 0 heterocycles. The standard InChI is InChI=1S/C18H23N3OS/c1-3-22-17-11-7-8-15(14-17)20-18(23)19-12-13-21(2)16-9-5-4-6-10-16/h4-11,14H,3,12-13H2,1-2H3,(H2,19,20,23). The van der Waals surface area contributed by atoms with E-state index in [1.165, 1.54) is 5.69 Å². The van der Waals surface area contributed by atoms with Crippen molar-refractivity contribution in [3.8, 4) is 5.75 Å². The van der Waals surface area contributed by atoms with Crippen molar-refractivity contribution in [1.29, 1.82) is 0 Å². The molecule has 0 unspecified atom stereocenters. The molecule has 0 amide bonds. The highest BCUT2D eigenvalue weighted by Crippen LogP contribution is 2.17. The molecule has 2 aromatic carbocycles. The van der Waals surface area contributed by atoms with E-state index in [0.717, 1.165) is 24.5 Å². The van der Waals surface area contributed by atoms with Gasteiger partial charge in [0.25, 0.3) is 0 Å². The maximum atomic E-state index is 5.48. The summed E-state index contributed by atoms with van der Waals surface area (Å²) in [5.74, 6) is 0.837. The van der Waals surface area contributed by atoms with Gasteiger partial charge in [-0.15, -0.1) is 0 Å². The zero-order chi connectivity index (χ0) is 16.5. The maximum Gasteiger partial charge on any atom is 0.170 e. The van der Waals surface area contributed by atoms with Crippen LogP contribution in [0.4, 0.5) is 11.4 Å². The number of anilines is 2. The molecule has 122 valence electrons. The van der Waals surface area contributed by atoms with E-state index >= 15 is 0 Å². The zero-order valence-electron chi connectivity index (χ0n) is 13.6. The average Bonchev–Trinajstić information content (AvgIpc) is 2.56. The van der Waals surface area contributed by atoms with Crippen LogP contribution in [0.15, 0.2) is 54.6 Å². The predicted octanol–water partition coefficient (Wildman–Crippen LogP) is 3.51. The van der Waals surface area contributed by atoms with Gasteiger partial charge < -0.3 is 20.3 Å². The number of nitrogens with one attached hydrogen (secondary N) is 2. The molecule has 0 saturated carbocycles. The molecule has 23 heavy (non-hydrogen) atoms. The fraction of sp³-hybridized carbons (Fsp3) is 0.278. The van der Waals surface area contributed by atoms with Gasteiger partial charge >= 0.3 is 0 Å². The monoisotopic (exact) mass is 329 g/mol. The molecule has 5 heteroatoms. The van der Waals surface area contributed by atoms with Crippen LogP contribution in [0.1, 0.15) is 6.92 Å². The second kappa shape index (κ2) is 9.00. The normalized spacial score (nSPS) is 10.0. The summed E-state index contributed by atoms with van der Waals surface area (Å²) in [4.78, 5) is 2.19. The van der Waals surface area contributed by atoms with E-state index < -0.39 is 0 Å². The molecule has 0 saturated heterocycles. The number of nitrogens with zero attached hydrogens (tertiary/aromatic N) is 1. The molecule has 0 aliphatic carbocycles. The molecule has 0 fully saturated rings. The molecule has 0 atom stereocenters. The van der Waals surface area contributed by atoms with E-state index in [0.29, 0.717) is 11.7 Å². The minimum Gasteiger partial charge on any atom is -0.494 e. The molecule has 0 bridgehead atoms. The molecule has 2 rings (SSSR count). The summed E-state index contributed by atoms with van der Waals surface area (Å²) < 4.78 is 5.48. The van der Waals surface area contributed by atoms with Crippen molar-refractivity contribution in [3.63, 3.8) is 0 Å². The van der Waals surface area contributed by atoms with Gasteiger partial charge in [0, 0.05) is 37.6 Å². The van der Waals surface area contributed by atoms with Gasteiger partial charge in [0.1, 0.15) is 5.75 Å². The van der Waals surface area contributed by atoms with Crippen LogP contribution in [-0.2, 0) is 0 Å². The van der Waals surface area contributed by atoms with Crippen LogP contribution in [0.3, 0.4) is 0 Å². The van der Waals surface area contributed by atoms with Gasteiger partial charge in [0.05, 0.1) is 6.61 Å². The van der Waals surface area contributed by atoms with Crippen molar-refractivity contribution >= 4 is 28.7 Å². The summed E-state index contributed by atoms with van der Waals surface area (Å²) in [6.07, 6.45) is 0. The summed E-state index contributed by atoms with van der Waals surface area (Å²) in [7, 11) is 2.07. The zero-order valence-corrected chi connectivity index (χ0v) is 14.4. The lowest BCUT2D eigenvalue weighted by molar-refractivity contribution is 0.340. The summed E-state index contributed by atoms with van der Waals surface area (Å²) in [6, 6.07) is 18.1. The highest BCUT2D eigenvalue weighted by molar-refractivity contribution is 7.80. The van der Waals surface area contributed by atoms with Crippen LogP contribution >= 0.6 is 12.2 Å². The molecule has 4 nitrogen and oxygen atoms in total. The Bertz CT molecular complexity index is 619. The van der Waals surface area contributed by atoms with Crippen LogP contribution in [0.5, 0.6) is 5.75 Å². The minimum atomic E-state index is 0.611. The Morgan fingerprint density at radius 3 is 2.65 bits per heavy atom. The topological polar surface area (TPSA) is 36.5 Å². The van der Waals surface area contributed by atoms with Crippen LogP contribution in [0, 0.1) is 0 Å². The van der Waals surface area contributed by atoms with Gasteiger partial charge in [-0.1, -0.05) is 24.3 Å². The smallest absolute Gasteiger partial charge is 0.170 e. The van der Waals surface area contributed by atoms with Crippen molar-refractivity contribution in [2.45, 2.75) is 6.92 Å². The third-order valence-electron chi connectivity index (χ3n) is 3.33. The number of hydrogen-bond acceptors (Lipinski definition) is 3. The van der Waals surface area contributed by atoms with Crippen LogP contribution in [-0.4, -0.2) is 31.9 Å². The number of para-hydroxylation sites is 1. The lowest BCUT2D eigenvalue weighted by Gasteiger charge is -2.20. The maximum absolute atomic E-state index is 5.48. The Morgan fingerprint density at radius 2 is 1.91 bits per heavy atom. The molecule has 0 radical (unpaired) electrons. The largest absolute Gasteiger partial charge is 0.494 e. The van der Waals surface area contributed by atoms with Crippen molar-refractivity contribution in [2.24, 2.45) is 0 Å². The Kier molecular flexibility index (Phi) is 6.69. The van der Waals surface area contributed by atoms with E-state index in [9.17, 15) is 0 Å². The van der Waals surface area contributed by atoms with E-state index in [2.05, 4.69) is 34.7 Å². The van der Waals surface area contributed by atoms with Gasteiger partial charge in [-0.2, -0.15) is 0 Å². The SMILES string of the molecule is CCOc1cccc(NC(=S)NCCN(C)c2ccccc2)c1. The molecule has 0 aliphatic heterocycles. The molecular weight excluding hydrogens is 306 g/mol. The number of hydrogen-bond donors (Lipinski definition) is 2. The summed E-state index contributed by atoms with van der Waals surface area (Å²) in [5, 5.41) is 7.01. The van der Waals surface area contributed by atoms with Gasteiger partial charge in [0.15, 0.2) is 5.11 Å². The van der Waals surface area contributed by atoms with Gasteiger partial charge in [-0.05, 0) is 43.4 Å². The van der Waals surface area contributed by atoms with Crippen molar-refractivity contribution in [3.05, 3.63) is 54.6 Å². The molecule has 0 spiro atoms. The lowest BCUT2D eigenvalue weighted by atomic mass is 10.3. The molecule has 2 aromatic rings. The van der Waals surface area contributed by atoms with Crippen LogP contribution in [0.2, 0.25) is 0 Å². The van der Waals surface area contributed by atoms with E-state index in [-0.39, 0.29) is 0 Å². The first-order valence-corrected chi connectivity index (χ1v) is 8.13. The first kappa shape index (κ1) is 17.1. The minimum absolute atomic E-state index is 0.611. The van der Waals surface area contributed by atoms with Gasteiger partial charge in [-0.25, -0.2) is 0 Å². The second-order valence-electron chi connectivity index (χ2n) is 5.10. The number of benzene rings is 2. The fourth-order valence-electron chi connectivity index (χ4n) is 2.15. The molecule has 2 N–H and O–H groups in total. The third-order valence-corrected chi connectivity index (χ3v) is 3.58. The molecular formula is C18H23N3OS. The number of ether oxygens (including phenoxy) is 1. The van der Waals surface area contributed by atoms with Crippen LogP contribution in [0.25, 0.3) is 0 Å². The van der Waals surface area contributed by atoms with E-state index in [4.69, 9.17) is 17.0 Å². The second-order valence-corrected chi connectivity index (χ2v) is 5.51. The van der Waals surface area contributed by atoms with Crippen LogP contribution < -0.4 is 20.3 Å². The Morgan fingerprint density at radius 1 is 1.13 bits per heavy atom. The molecule has 0 aliphatic rings. The number of rotatable bonds is 7. The fourth-order valence-corrected chi connectivity index (χ4v) is 2.37. The first-order valence-electron chi connectivity index (χ1n) is 7.73. The summed E-state index contributed by atoms with van der Waals surface area (Å²) in [6.45, 7) is 4.25. The first-order chi connectivity index (χ1) is 11.2. The predicted molar refractivity (Wildman–Crippen MR) is 102 cm³/mol. The number of likely N-dealkylation sites (N-methyl/N-ethyl adjacent to an activating group) is 1. The van der Waals surface area contributed by atoms with Gasteiger partial charge in [0.2, 0.25) is 0 Å². The summed E-state index contributed by atoms with van der Waals surface area (Å²) in [5.41, 5.74) is 2.11. The third kappa shape index (κ3) is 5.79. The van der Waals surface area contributed by atoms with E-state index in [1.54, 1.807) is 0 Å². The highest BCUT2D eigenvalue weighted by atomic mass is 32.1. The Balaban J connectivity index is 1.76. The van der Waals surface area contributed by atoms with Crippen molar-refractivity contribution in [1.82, 2.24) is 5.32 Å². The van der Waals surface area contributed by atoms with Gasteiger partial charge in [-0.3, -0.25) is 0 Å². The highest BCUT2D eigenvalue weighted by Gasteiger charge is 2.02. The summed E-state index contributed by atoms with van der Waals surface area (Å²) >= 11 is 5.33. The lowest BCUT2D eigenvalue weighted by Crippen LogP contribution is -2.35. The average molecular weight is 329 g/mol. The molecule has 0 aromatic heterocycles. The Hall–Kier alpha value is -2.27.